The van der Waals surface area contributed by atoms with Crippen molar-refractivity contribution in [3.63, 3.8) is 0 Å². The summed E-state index contributed by atoms with van der Waals surface area (Å²) in [6.07, 6.45) is 2.51. The summed E-state index contributed by atoms with van der Waals surface area (Å²) in [7, 11) is -2.00. The van der Waals surface area contributed by atoms with Crippen LogP contribution in [0.4, 0.5) is 4.39 Å². The van der Waals surface area contributed by atoms with Crippen LogP contribution in [0.15, 0.2) is 18.2 Å². The predicted molar refractivity (Wildman–Crippen MR) is 74.1 cm³/mol. The summed E-state index contributed by atoms with van der Waals surface area (Å²) in [6, 6.07) is 4.67. The Bertz CT molecular complexity index is 599. The highest BCUT2D eigenvalue weighted by atomic mass is 32.2. The monoisotopic (exact) mass is 302 g/mol. The average molecular weight is 302 g/mol. The summed E-state index contributed by atoms with van der Waals surface area (Å²) >= 11 is 0. The van der Waals surface area contributed by atoms with Gasteiger partial charge in [-0.1, -0.05) is 12.1 Å². The van der Waals surface area contributed by atoms with E-state index in [-0.39, 0.29) is 17.7 Å². The molecule has 112 valence electrons. The van der Waals surface area contributed by atoms with E-state index in [1.165, 1.54) is 13.2 Å². The third-order valence-electron chi connectivity index (χ3n) is 3.95. The summed E-state index contributed by atoms with van der Waals surface area (Å²) in [5, 5.41) is 9.81. The zero-order chi connectivity index (χ0) is 15.0. The second-order valence-electron chi connectivity index (χ2n) is 5.42. The van der Waals surface area contributed by atoms with E-state index in [0.717, 1.165) is 6.26 Å². The van der Waals surface area contributed by atoms with Gasteiger partial charge in [0, 0.05) is 12.7 Å². The highest BCUT2D eigenvalue weighted by Gasteiger charge is 2.47. The van der Waals surface area contributed by atoms with E-state index in [0.29, 0.717) is 19.3 Å². The van der Waals surface area contributed by atoms with Gasteiger partial charge in [-0.3, -0.25) is 0 Å². The van der Waals surface area contributed by atoms with Crippen molar-refractivity contribution in [3.8, 4) is 5.75 Å². The molecule has 1 aromatic carbocycles. The molecule has 2 rings (SSSR count). The number of hydrogen-bond donors (Lipinski definition) is 1. The molecular formula is C14H19FO4S. The van der Waals surface area contributed by atoms with Crippen LogP contribution < -0.4 is 4.74 Å². The first-order valence-electron chi connectivity index (χ1n) is 6.50. The molecule has 0 spiro atoms. The second-order valence-corrected chi connectivity index (χ2v) is 7.65. The first kappa shape index (κ1) is 15.3. The SMILES string of the molecule is COc1cccc(CC2(O)CCCC2S(C)(=O)=O)c1F. The minimum absolute atomic E-state index is 0.0201. The molecule has 1 saturated carbocycles. The van der Waals surface area contributed by atoms with E-state index in [9.17, 15) is 17.9 Å². The van der Waals surface area contributed by atoms with E-state index >= 15 is 0 Å². The Labute approximate surface area is 118 Å². The molecule has 1 fully saturated rings. The zero-order valence-corrected chi connectivity index (χ0v) is 12.4. The molecule has 6 heteroatoms. The lowest BCUT2D eigenvalue weighted by atomic mass is 9.92. The number of ether oxygens (including phenoxy) is 1. The topological polar surface area (TPSA) is 63.6 Å². The van der Waals surface area contributed by atoms with Crippen LogP contribution in [-0.2, 0) is 16.3 Å². The predicted octanol–water partition coefficient (Wildman–Crippen LogP) is 1.71. The van der Waals surface area contributed by atoms with Gasteiger partial charge in [0.1, 0.15) is 0 Å². The summed E-state index contributed by atoms with van der Waals surface area (Å²) < 4.78 is 42.6. The molecule has 1 N–H and O–H groups in total. The lowest BCUT2D eigenvalue weighted by Crippen LogP contribution is -2.44. The van der Waals surface area contributed by atoms with E-state index in [1.807, 2.05) is 0 Å². The third kappa shape index (κ3) is 2.81. The van der Waals surface area contributed by atoms with Crippen LogP contribution in [0.1, 0.15) is 24.8 Å². The normalized spacial score (nSPS) is 26.7. The van der Waals surface area contributed by atoms with Crippen molar-refractivity contribution in [1.29, 1.82) is 0 Å². The van der Waals surface area contributed by atoms with Gasteiger partial charge in [-0.05, 0) is 30.9 Å². The fourth-order valence-corrected chi connectivity index (χ4v) is 4.61. The van der Waals surface area contributed by atoms with Crippen LogP contribution in [0.2, 0.25) is 0 Å². The molecule has 2 unspecified atom stereocenters. The van der Waals surface area contributed by atoms with Gasteiger partial charge in [-0.25, -0.2) is 12.8 Å². The molecule has 4 nitrogen and oxygen atoms in total. The summed E-state index contributed by atoms with van der Waals surface area (Å²) in [5.74, 6) is -0.442. The average Bonchev–Trinajstić information content (AvgIpc) is 2.74. The fourth-order valence-electron chi connectivity index (χ4n) is 3.02. The molecular weight excluding hydrogens is 283 g/mol. The number of halogens is 1. The minimum atomic E-state index is -3.36. The van der Waals surface area contributed by atoms with Crippen molar-refractivity contribution >= 4 is 9.84 Å². The Balaban J connectivity index is 2.33. The number of aliphatic hydroxyl groups is 1. The maximum Gasteiger partial charge on any atom is 0.168 e. The van der Waals surface area contributed by atoms with Gasteiger partial charge in [-0.15, -0.1) is 0 Å². The first-order valence-corrected chi connectivity index (χ1v) is 8.46. The van der Waals surface area contributed by atoms with Gasteiger partial charge in [0.05, 0.1) is 18.0 Å². The van der Waals surface area contributed by atoms with Gasteiger partial charge in [0.25, 0.3) is 0 Å². The Morgan fingerprint density at radius 3 is 2.80 bits per heavy atom. The standard InChI is InChI=1S/C14H19FO4S/c1-19-11-6-3-5-10(13(11)15)9-14(16)8-4-7-12(14)20(2,17)18/h3,5-6,12,16H,4,7-9H2,1-2H3. The summed E-state index contributed by atoms with van der Waals surface area (Å²) in [6.45, 7) is 0. The molecule has 0 radical (unpaired) electrons. The highest BCUT2D eigenvalue weighted by molar-refractivity contribution is 7.91. The van der Waals surface area contributed by atoms with Crippen LogP contribution in [0.3, 0.4) is 0 Å². The van der Waals surface area contributed by atoms with Crippen LogP contribution in [0.5, 0.6) is 5.75 Å². The Hall–Kier alpha value is -1.14. The number of benzene rings is 1. The van der Waals surface area contributed by atoms with E-state index in [2.05, 4.69) is 0 Å². The number of methoxy groups -OCH3 is 1. The van der Waals surface area contributed by atoms with E-state index in [1.54, 1.807) is 12.1 Å². The van der Waals surface area contributed by atoms with Crippen LogP contribution in [0.25, 0.3) is 0 Å². The molecule has 0 saturated heterocycles. The fraction of sp³-hybridized carbons (Fsp3) is 0.571. The van der Waals surface area contributed by atoms with Gasteiger partial charge in [0.15, 0.2) is 21.4 Å². The smallest absolute Gasteiger partial charge is 0.168 e. The highest BCUT2D eigenvalue weighted by Crippen LogP contribution is 2.38. The van der Waals surface area contributed by atoms with Crippen molar-refractivity contribution in [2.45, 2.75) is 36.5 Å². The summed E-state index contributed by atoms with van der Waals surface area (Å²) in [5.41, 5.74) is -1.12. The molecule has 1 aromatic rings. The third-order valence-corrected chi connectivity index (χ3v) is 5.66. The molecule has 0 aliphatic heterocycles. The number of hydrogen-bond acceptors (Lipinski definition) is 4. The van der Waals surface area contributed by atoms with Crippen molar-refractivity contribution in [2.24, 2.45) is 0 Å². The van der Waals surface area contributed by atoms with Gasteiger partial charge in [-0.2, -0.15) is 0 Å². The Kier molecular flexibility index (Phi) is 4.07. The molecule has 2 atom stereocenters. The van der Waals surface area contributed by atoms with Gasteiger partial charge in [0.2, 0.25) is 0 Å². The molecule has 0 aromatic heterocycles. The lowest BCUT2D eigenvalue weighted by molar-refractivity contribution is 0.0503. The van der Waals surface area contributed by atoms with Crippen LogP contribution >= 0.6 is 0 Å². The maximum atomic E-state index is 14.1. The van der Waals surface area contributed by atoms with Gasteiger partial charge >= 0.3 is 0 Å². The second kappa shape index (κ2) is 5.33. The van der Waals surface area contributed by atoms with Gasteiger partial charge < -0.3 is 9.84 Å². The summed E-state index contributed by atoms with van der Waals surface area (Å²) in [4.78, 5) is 0. The molecule has 0 heterocycles. The van der Waals surface area contributed by atoms with Crippen LogP contribution in [0, 0.1) is 5.82 Å². The molecule has 1 aliphatic rings. The zero-order valence-electron chi connectivity index (χ0n) is 11.6. The van der Waals surface area contributed by atoms with Crippen LogP contribution in [-0.4, -0.2) is 37.7 Å². The first-order chi connectivity index (χ1) is 9.28. The molecule has 1 aliphatic carbocycles. The molecule has 20 heavy (non-hydrogen) atoms. The largest absolute Gasteiger partial charge is 0.494 e. The Morgan fingerprint density at radius 2 is 2.20 bits per heavy atom. The van der Waals surface area contributed by atoms with Crippen molar-refractivity contribution in [2.75, 3.05) is 13.4 Å². The molecule has 0 bridgehead atoms. The molecule has 0 amide bonds. The quantitative estimate of drug-likeness (QED) is 0.919. The lowest BCUT2D eigenvalue weighted by Gasteiger charge is -2.29. The number of sulfone groups is 1. The number of rotatable bonds is 4. The van der Waals surface area contributed by atoms with Crippen molar-refractivity contribution < 1.29 is 22.7 Å². The van der Waals surface area contributed by atoms with Crippen molar-refractivity contribution in [3.05, 3.63) is 29.6 Å². The maximum absolute atomic E-state index is 14.1. The van der Waals surface area contributed by atoms with E-state index < -0.39 is 26.5 Å². The van der Waals surface area contributed by atoms with Crippen molar-refractivity contribution in [1.82, 2.24) is 0 Å². The minimum Gasteiger partial charge on any atom is -0.494 e. The van der Waals surface area contributed by atoms with E-state index in [4.69, 9.17) is 4.74 Å². The Morgan fingerprint density at radius 1 is 1.50 bits per heavy atom.